The van der Waals surface area contributed by atoms with Crippen molar-refractivity contribution in [2.45, 2.75) is 20.3 Å². The van der Waals surface area contributed by atoms with Gasteiger partial charge in [0.1, 0.15) is 6.61 Å². The Morgan fingerprint density at radius 2 is 2.29 bits per heavy atom. The van der Waals surface area contributed by atoms with E-state index in [1.54, 1.807) is 24.3 Å². The first-order valence-electron chi connectivity index (χ1n) is 6.61. The maximum absolute atomic E-state index is 12.2. The molecule has 2 rings (SSSR count). The van der Waals surface area contributed by atoms with Gasteiger partial charge in [-0.2, -0.15) is 0 Å². The van der Waals surface area contributed by atoms with Gasteiger partial charge in [0.2, 0.25) is 0 Å². The third-order valence-corrected chi connectivity index (χ3v) is 3.81. The SMILES string of the molecule is CCc1nc(NC(=O)c2cccc(C#CCO)c2)sc1C. The summed E-state index contributed by atoms with van der Waals surface area (Å²) in [4.78, 5) is 17.7. The highest BCUT2D eigenvalue weighted by molar-refractivity contribution is 7.15. The molecule has 2 N–H and O–H groups in total. The van der Waals surface area contributed by atoms with Crippen molar-refractivity contribution in [3.05, 3.63) is 46.0 Å². The van der Waals surface area contributed by atoms with Crippen molar-refractivity contribution >= 4 is 22.4 Å². The van der Waals surface area contributed by atoms with E-state index in [0.717, 1.165) is 17.0 Å². The van der Waals surface area contributed by atoms with Gasteiger partial charge in [0, 0.05) is 16.0 Å². The van der Waals surface area contributed by atoms with Crippen LogP contribution in [0.2, 0.25) is 0 Å². The van der Waals surface area contributed by atoms with Gasteiger partial charge in [-0.3, -0.25) is 10.1 Å². The lowest BCUT2D eigenvalue weighted by Gasteiger charge is -2.02. The second-order valence-electron chi connectivity index (χ2n) is 4.37. The van der Waals surface area contributed by atoms with Crippen LogP contribution in [0.15, 0.2) is 24.3 Å². The Balaban J connectivity index is 2.16. The van der Waals surface area contributed by atoms with Crippen molar-refractivity contribution in [2.75, 3.05) is 11.9 Å². The summed E-state index contributed by atoms with van der Waals surface area (Å²) in [5.41, 5.74) is 2.23. The largest absolute Gasteiger partial charge is 0.384 e. The van der Waals surface area contributed by atoms with E-state index in [1.807, 2.05) is 13.8 Å². The number of nitrogens with zero attached hydrogens (tertiary/aromatic N) is 1. The van der Waals surface area contributed by atoms with Crippen LogP contribution in [0, 0.1) is 18.8 Å². The molecule has 0 aliphatic heterocycles. The van der Waals surface area contributed by atoms with Crippen molar-refractivity contribution < 1.29 is 9.90 Å². The van der Waals surface area contributed by atoms with Crippen molar-refractivity contribution in [1.82, 2.24) is 4.98 Å². The summed E-state index contributed by atoms with van der Waals surface area (Å²) in [6.45, 7) is 3.84. The molecule has 0 bridgehead atoms. The van der Waals surface area contributed by atoms with Crippen molar-refractivity contribution in [3.63, 3.8) is 0 Å². The Morgan fingerprint density at radius 3 is 2.95 bits per heavy atom. The highest BCUT2D eigenvalue weighted by Crippen LogP contribution is 2.22. The molecular weight excluding hydrogens is 284 g/mol. The van der Waals surface area contributed by atoms with Gasteiger partial charge < -0.3 is 5.11 Å². The van der Waals surface area contributed by atoms with Gasteiger partial charge in [0.15, 0.2) is 5.13 Å². The Labute approximate surface area is 127 Å². The molecule has 0 fully saturated rings. The molecule has 1 aromatic carbocycles. The fraction of sp³-hybridized carbons (Fsp3) is 0.250. The number of benzene rings is 1. The molecule has 21 heavy (non-hydrogen) atoms. The standard InChI is InChI=1S/C16H16N2O2S/c1-3-14-11(2)21-16(17-14)18-15(20)13-8-4-6-12(10-13)7-5-9-19/h4,6,8,10,19H,3,9H2,1-2H3,(H,17,18,20). The summed E-state index contributed by atoms with van der Waals surface area (Å²) in [7, 11) is 0. The number of aliphatic hydroxyl groups excluding tert-OH is 1. The van der Waals surface area contributed by atoms with Gasteiger partial charge in [-0.15, -0.1) is 11.3 Å². The van der Waals surface area contributed by atoms with Gasteiger partial charge in [0.25, 0.3) is 5.91 Å². The van der Waals surface area contributed by atoms with E-state index >= 15 is 0 Å². The zero-order valence-corrected chi connectivity index (χ0v) is 12.8. The minimum Gasteiger partial charge on any atom is -0.384 e. The van der Waals surface area contributed by atoms with Gasteiger partial charge in [-0.1, -0.05) is 24.8 Å². The molecule has 108 valence electrons. The second-order valence-corrected chi connectivity index (χ2v) is 5.57. The maximum Gasteiger partial charge on any atom is 0.257 e. The second kappa shape index (κ2) is 7.02. The van der Waals surface area contributed by atoms with Crippen LogP contribution in [-0.2, 0) is 6.42 Å². The Hall–Kier alpha value is -2.16. The molecule has 4 nitrogen and oxygen atoms in total. The normalized spacial score (nSPS) is 9.86. The lowest BCUT2D eigenvalue weighted by Crippen LogP contribution is -2.11. The van der Waals surface area contributed by atoms with Crippen LogP contribution in [0.4, 0.5) is 5.13 Å². The number of aliphatic hydroxyl groups is 1. The minimum atomic E-state index is -0.209. The lowest BCUT2D eigenvalue weighted by molar-refractivity contribution is 0.102. The van der Waals surface area contributed by atoms with Gasteiger partial charge in [0.05, 0.1) is 5.69 Å². The smallest absolute Gasteiger partial charge is 0.257 e. The molecule has 0 atom stereocenters. The number of carbonyl (C=O) groups excluding carboxylic acids is 1. The van der Waals surface area contributed by atoms with Gasteiger partial charge >= 0.3 is 0 Å². The molecule has 0 saturated heterocycles. The molecular formula is C16H16N2O2S. The Bertz CT molecular complexity index is 711. The summed E-state index contributed by atoms with van der Waals surface area (Å²) in [5.74, 6) is 5.14. The van der Waals surface area contributed by atoms with Gasteiger partial charge in [-0.05, 0) is 31.5 Å². The first kappa shape index (κ1) is 15.2. The topological polar surface area (TPSA) is 62.2 Å². The number of anilines is 1. The van der Waals surface area contributed by atoms with E-state index in [0.29, 0.717) is 16.3 Å². The predicted octanol–water partition coefficient (Wildman–Crippen LogP) is 2.61. The molecule has 0 aliphatic carbocycles. The monoisotopic (exact) mass is 300 g/mol. The molecule has 5 heteroatoms. The molecule has 1 aromatic heterocycles. The van der Waals surface area contributed by atoms with Crippen LogP contribution >= 0.6 is 11.3 Å². The fourth-order valence-electron chi connectivity index (χ4n) is 1.86. The number of rotatable bonds is 3. The van der Waals surface area contributed by atoms with Crippen molar-refractivity contribution in [1.29, 1.82) is 0 Å². The third kappa shape index (κ3) is 3.91. The summed E-state index contributed by atoms with van der Waals surface area (Å²) in [6.07, 6.45) is 0.852. The molecule has 2 aromatic rings. The minimum absolute atomic E-state index is 0.200. The highest BCUT2D eigenvalue weighted by Gasteiger charge is 2.11. The fourth-order valence-corrected chi connectivity index (χ4v) is 2.76. The zero-order valence-electron chi connectivity index (χ0n) is 11.9. The number of hydrogen-bond donors (Lipinski definition) is 2. The number of thiazole rings is 1. The number of nitrogens with one attached hydrogen (secondary N) is 1. The van der Waals surface area contributed by atoms with E-state index in [1.165, 1.54) is 11.3 Å². The molecule has 1 heterocycles. The van der Waals surface area contributed by atoms with Crippen LogP contribution in [0.5, 0.6) is 0 Å². The molecule has 0 radical (unpaired) electrons. The third-order valence-electron chi connectivity index (χ3n) is 2.88. The summed E-state index contributed by atoms with van der Waals surface area (Å²) >= 11 is 1.48. The summed E-state index contributed by atoms with van der Waals surface area (Å²) in [6, 6.07) is 6.98. The first-order chi connectivity index (χ1) is 10.1. The van der Waals surface area contributed by atoms with Crippen LogP contribution in [-0.4, -0.2) is 22.6 Å². The number of carbonyl (C=O) groups is 1. The predicted molar refractivity (Wildman–Crippen MR) is 84.6 cm³/mol. The quantitative estimate of drug-likeness (QED) is 0.857. The number of aryl methyl sites for hydroxylation is 2. The van der Waals surface area contributed by atoms with Crippen molar-refractivity contribution in [3.8, 4) is 11.8 Å². The van der Waals surface area contributed by atoms with E-state index in [2.05, 4.69) is 22.1 Å². The summed E-state index contributed by atoms with van der Waals surface area (Å²) in [5, 5.41) is 12.1. The molecule has 0 unspecified atom stereocenters. The van der Waals surface area contributed by atoms with Crippen LogP contribution in [0.25, 0.3) is 0 Å². The maximum atomic E-state index is 12.2. The van der Waals surface area contributed by atoms with Crippen molar-refractivity contribution in [2.24, 2.45) is 0 Å². The molecule has 0 aliphatic rings. The van der Waals surface area contributed by atoms with E-state index in [9.17, 15) is 4.79 Å². The summed E-state index contributed by atoms with van der Waals surface area (Å²) < 4.78 is 0. The average Bonchev–Trinajstić information content (AvgIpc) is 2.85. The Morgan fingerprint density at radius 1 is 1.48 bits per heavy atom. The van der Waals surface area contributed by atoms with Gasteiger partial charge in [-0.25, -0.2) is 4.98 Å². The molecule has 0 spiro atoms. The van der Waals surface area contributed by atoms with Crippen LogP contribution < -0.4 is 5.32 Å². The number of amides is 1. The number of aromatic nitrogens is 1. The van der Waals surface area contributed by atoms with Crippen LogP contribution in [0.3, 0.4) is 0 Å². The van der Waals surface area contributed by atoms with E-state index in [4.69, 9.17) is 5.11 Å². The number of hydrogen-bond acceptors (Lipinski definition) is 4. The van der Waals surface area contributed by atoms with E-state index in [-0.39, 0.29) is 12.5 Å². The lowest BCUT2D eigenvalue weighted by atomic mass is 10.1. The van der Waals surface area contributed by atoms with Crippen LogP contribution in [0.1, 0.15) is 33.4 Å². The van der Waals surface area contributed by atoms with E-state index < -0.39 is 0 Å². The Kier molecular flexibility index (Phi) is 5.09. The first-order valence-corrected chi connectivity index (χ1v) is 7.43. The molecule has 0 saturated carbocycles. The molecule has 1 amide bonds. The average molecular weight is 300 g/mol. The highest BCUT2D eigenvalue weighted by atomic mass is 32.1. The zero-order chi connectivity index (χ0) is 15.2.